The molecule has 0 spiro atoms. The van der Waals surface area contributed by atoms with Gasteiger partial charge < -0.3 is 14.0 Å². The maximum atomic E-state index is 12.8. The predicted molar refractivity (Wildman–Crippen MR) is 113 cm³/mol. The van der Waals surface area contributed by atoms with Crippen LogP contribution in [0.25, 0.3) is 20.4 Å². The van der Waals surface area contributed by atoms with Crippen LogP contribution in [-0.4, -0.2) is 35.1 Å². The first kappa shape index (κ1) is 19.3. The van der Waals surface area contributed by atoms with Gasteiger partial charge in [0.05, 0.1) is 34.1 Å². The quantitative estimate of drug-likeness (QED) is 0.454. The number of amides is 1. The van der Waals surface area contributed by atoms with E-state index in [9.17, 15) is 9.59 Å². The molecular weight excluding hydrogens is 410 g/mol. The molecule has 1 amide bonds. The van der Waals surface area contributed by atoms with Crippen LogP contribution in [0, 0.1) is 0 Å². The summed E-state index contributed by atoms with van der Waals surface area (Å²) in [6.45, 7) is 2.00. The summed E-state index contributed by atoms with van der Waals surface area (Å²) in [5.41, 5.74) is 1.54. The van der Waals surface area contributed by atoms with Gasteiger partial charge in [0.2, 0.25) is 0 Å². The third-order valence-corrected chi connectivity index (χ3v) is 6.22. The summed E-state index contributed by atoms with van der Waals surface area (Å²) in [5.74, 6) is -0.148. The van der Waals surface area contributed by atoms with Gasteiger partial charge in [-0.05, 0) is 37.3 Å². The topological polar surface area (TPSA) is 82.8 Å². The van der Waals surface area contributed by atoms with Crippen LogP contribution in [0.15, 0.2) is 47.5 Å². The van der Waals surface area contributed by atoms with Gasteiger partial charge in [-0.3, -0.25) is 9.59 Å². The van der Waals surface area contributed by atoms with Crippen molar-refractivity contribution in [2.24, 2.45) is 4.99 Å². The number of nitrogens with zero attached hydrogens (tertiary/aromatic N) is 3. The van der Waals surface area contributed by atoms with Crippen molar-refractivity contribution < 1.29 is 19.1 Å². The molecule has 29 heavy (non-hydrogen) atoms. The van der Waals surface area contributed by atoms with Gasteiger partial charge in [-0.15, -0.1) is 11.3 Å². The highest BCUT2D eigenvalue weighted by molar-refractivity contribution is 7.20. The van der Waals surface area contributed by atoms with Crippen molar-refractivity contribution in [1.29, 1.82) is 0 Å². The molecule has 4 rings (SSSR count). The molecule has 4 aromatic rings. The number of hydrogen-bond acceptors (Lipinski definition) is 7. The van der Waals surface area contributed by atoms with Crippen molar-refractivity contribution in [1.82, 2.24) is 9.55 Å². The molecule has 7 nitrogen and oxygen atoms in total. The lowest BCUT2D eigenvalue weighted by Gasteiger charge is -2.05. The van der Waals surface area contributed by atoms with Gasteiger partial charge in [0.15, 0.2) is 9.81 Å². The Balaban J connectivity index is 1.81. The number of para-hydroxylation sites is 1. The van der Waals surface area contributed by atoms with E-state index in [0.29, 0.717) is 15.6 Å². The molecule has 0 unspecified atom stereocenters. The number of esters is 1. The second kappa shape index (κ2) is 8.14. The zero-order valence-electron chi connectivity index (χ0n) is 15.7. The molecule has 0 aliphatic carbocycles. The van der Waals surface area contributed by atoms with Crippen molar-refractivity contribution >= 4 is 55.0 Å². The number of thiazole rings is 2. The lowest BCUT2D eigenvalue weighted by molar-refractivity contribution is -0.143. The summed E-state index contributed by atoms with van der Waals surface area (Å²) in [7, 11) is 1.59. The lowest BCUT2D eigenvalue weighted by atomic mass is 10.3. The van der Waals surface area contributed by atoms with Crippen molar-refractivity contribution in [3.8, 4) is 5.75 Å². The third-order valence-electron chi connectivity index (χ3n) is 4.16. The van der Waals surface area contributed by atoms with E-state index in [1.54, 1.807) is 24.7 Å². The SMILES string of the molecule is CCOC(=O)Cn1c(=NC(=O)c2nc3ccccc3s2)sc2cc(OC)ccc21. The summed E-state index contributed by atoms with van der Waals surface area (Å²) in [6, 6.07) is 13.0. The summed E-state index contributed by atoms with van der Waals surface area (Å²) >= 11 is 2.60. The van der Waals surface area contributed by atoms with E-state index < -0.39 is 11.9 Å². The van der Waals surface area contributed by atoms with E-state index in [0.717, 1.165) is 20.4 Å². The summed E-state index contributed by atoms with van der Waals surface area (Å²) in [4.78, 5) is 33.9. The van der Waals surface area contributed by atoms with E-state index in [4.69, 9.17) is 9.47 Å². The molecule has 0 bridgehead atoms. The number of carbonyl (C=O) groups is 2. The lowest BCUT2D eigenvalue weighted by Crippen LogP contribution is -2.23. The summed E-state index contributed by atoms with van der Waals surface area (Å²) < 4.78 is 13.8. The van der Waals surface area contributed by atoms with Crippen LogP contribution in [0.4, 0.5) is 0 Å². The van der Waals surface area contributed by atoms with Crippen molar-refractivity contribution in [2.45, 2.75) is 13.5 Å². The fraction of sp³-hybridized carbons (Fsp3) is 0.200. The molecule has 0 aliphatic rings. The maximum Gasteiger partial charge on any atom is 0.326 e. The fourth-order valence-electron chi connectivity index (χ4n) is 2.85. The standard InChI is InChI=1S/C20H17N3O4S2/c1-3-27-17(24)11-23-14-9-8-12(26-2)10-16(14)29-20(23)22-18(25)19-21-13-6-4-5-7-15(13)28-19/h4-10H,3,11H2,1-2H3. The number of hydrogen-bond donors (Lipinski definition) is 0. The van der Waals surface area contributed by atoms with Crippen molar-refractivity contribution in [3.63, 3.8) is 0 Å². The second-order valence-corrected chi connectivity index (χ2v) is 8.05. The molecule has 0 aliphatic heterocycles. The smallest absolute Gasteiger partial charge is 0.326 e. The van der Waals surface area contributed by atoms with Gasteiger partial charge >= 0.3 is 11.9 Å². The van der Waals surface area contributed by atoms with Crippen LogP contribution in [0.5, 0.6) is 5.75 Å². The number of benzene rings is 2. The number of fused-ring (bicyclic) bond motifs is 2. The molecule has 0 atom stereocenters. The van der Waals surface area contributed by atoms with Crippen molar-refractivity contribution in [3.05, 3.63) is 52.3 Å². The Morgan fingerprint density at radius 3 is 2.72 bits per heavy atom. The normalized spacial score (nSPS) is 11.9. The maximum absolute atomic E-state index is 12.8. The number of rotatable bonds is 5. The van der Waals surface area contributed by atoms with Crippen molar-refractivity contribution in [2.75, 3.05) is 13.7 Å². The molecule has 2 aromatic carbocycles. The number of carbonyl (C=O) groups excluding carboxylic acids is 2. The number of aromatic nitrogens is 2. The van der Waals surface area contributed by atoms with Crippen LogP contribution >= 0.6 is 22.7 Å². The minimum atomic E-state index is -0.442. The fourth-order valence-corrected chi connectivity index (χ4v) is 4.76. The molecule has 0 fully saturated rings. The van der Waals surface area contributed by atoms with E-state index in [2.05, 4.69) is 9.98 Å². The van der Waals surface area contributed by atoms with Crippen LogP contribution in [-0.2, 0) is 16.1 Å². The van der Waals surface area contributed by atoms with Gasteiger partial charge in [-0.1, -0.05) is 23.5 Å². The molecule has 0 saturated carbocycles. The van der Waals surface area contributed by atoms with Gasteiger partial charge in [-0.25, -0.2) is 4.98 Å². The monoisotopic (exact) mass is 427 g/mol. The minimum Gasteiger partial charge on any atom is -0.497 e. The largest absolute Gasteiger partial charge is 0.497 e. The first-order valence-corrected chi connectivity index (χ1v) is 10.5. The Morgan fingerprint density at radius 2 is 1.97 bits per heavy atom. The Morgan fingerprint density at radius 1 is 1.14 bits per heavy atom. The van der Waals surface area contributed by atoms with Gasteiger partial charge in [0, 0.05) is 0 Å². The first-order valence-electron chi connectivity index (χ1n) is 8.86. The van der Waals surface area contributed by atoms with Crippen LogP contribution in [0.1, 0.15) is 16.7 Å². The zero-order valence-corrected chi connectivity index (χ0v) is 17.4. The molecule has 148 valence electrons. The third kappa shape index (κ3) is 3.92. The number of ether oxygens (including phenoxy) is 2. The molecule has 0 N–H and O–H groups in total. The van der Waals surface area contributed by atoms with E-state index in [1.165, 1.54) is 22.7 Å². The van der Waals surface area contributed by atoms with Gasteiger partial charge in [0.1, 0.15) is 12.3 Å². The van der Waals surface area contributed by atoms with Crippen LogP contribution < -0.4 is 9.54 Å². The Labute approximate surface area is 173 Å². The van der Waals surface area contributed by atoms with E-state index in [-0.39, 0.29) is 13.2 Å². The predicted octanol–water partition coefficient (Wildman–Crippen LogP) is 3.63. The molecule has 0 radical (unpaired) electrons. The van der Waals surface area contributed by atoms with E-state index >= 15 is 0 Å². The van der Waals surface area contributed by atoms with E-state index in [1.807, 2.05) is 36.4 Å². The second-order valence-electron chi connectivity index (χ2n) is 6.01. The zero-order chi connectivity index (χ0) is 20.4. The van der Waals surface area contributed by atoms with Crippen LogP contribution in [0.3, 0.4) is 0 Å². The molecule has 2 aromatic heterocycles. The molecule has 9 heteroatoms. The molecule has 2 heterocycles. The minimum absolute atomic E-state index is 0.0356. The highest BCUT2D eigenvalue weighted by atomic mass is 32.1. The van der Waals surface area contributed by atoms with Gasteiger partial charge in [0.25, 0.3) is 0 Å². The molecule has 0 saturated heterocycles. The number of methoxy groups -OCH3 is 1. The Bertz CT molecular complexity index is 1250. The average molecular weight is 428 g/mol. The van der Waals surface area contributed by atoms with Gasteiger partial charge in [-0.2, -0.15) is 4.99 Å². The molecular formula is C20H17N3O4S2. The highest BCUT2D eigenvalue weighted by Crippen LogP contribution is 2.24. The average Bonchev–Trinajstić information content (AvgIpc) is 3.29. The summed E-state index contributed by atoms with van der Waals surface area (Å²) in [6.07, 6.45) is 0. The summed E-state index contributed by atoms with van der Waals surface area (Å²) in [5, 5.41) is 0.309. The Kier molecular flexibility index (Phi) is 5.41. The first-order chi connectivity index (χ1) is 14.1. The van der Waals surface area contributed by atoms with Crippen LogP contribution in [0.2, 0.25) is 0 Å². The Hall–Kier alpha value is -3.04. The highest BCUT2D eigenvalue weighted by Gasteiger charge is 2.15.